The summed E-state index contributed by atoms with van der Waals surface area (Å²) in [6.45, 7) is 1.83. The number of carbonyl (C=O) groups excluding carboxylic acids is 2. The molecule has 6 nitrogen and oxygen atoms in total. The van der Waals surface area contributed by atoms with E-state index in [4.69, 9.17) is 4.42 Å². The van der Waals surface area contributed by atoms with Gasteiger partial charge in [0.15, 0.2) is 5.76 Å². The number of aryl methyl sites for hydroxylation is 1. The predicted octanol–water partition coefficient (Wildman–Crippen LogP) is 3.29. The third-order valence-corrected chi connectivity index (χ3v) is 3.76. The lowest BCUT2D eigenvalue weighted by molar-refractivity contribution is 0.0600. The highest BCUT2D eigenvalue weighted by Crippen LogP contribution is 2.24. The highest BCUT2D eigenvalue weighted by atomic mass is 16.5. The van der Waals surface area contributed by atoms with E-state index in [0.717, 1.165) is 16.5 Å². The quantitative estimate of drug-likeness (QED) is 0.450. The Kier molecular flexibility index (Phi) is 4.61. The van der Waals surface area contributed by atoms with E-state index in [1.807, 2.05) is 31.2 Å². The molecule has 3 rings (SSSR count). The van der Waals surface area contributed by atoms with E-state index < -0.39 is 11.9 Å². The van der Waals surface area contributed by atoms with Gasteiger partial charge in [0.1, 0.15) is 5.58 Å². The number of nitrogens with zero attached hydrogens (tertiary/aromatic N) is 1. The van der Waals surface area contributed by atoms with E-state index in [9.17, 15) is 9.59 Å². The van der Waals surface area contributed by atoms with E-state index in [1.165, 1.54) is 13.3 Å². The molecule has 0 atom stereocenters. The number of amides is 1. The van der Waals surface area contributed by atoms with Gasteiger partial charge in [-0.15, -0.1) is 0 Å². The normalized spacial score (nSPS) is 11.0. The van der Waals surface area contributed by atoms with Gasteiger partial charge < -0.3 is 9.15 Å². The van der Waals surface area contributed by atoms with Crippen LogP contribution in [0.1, 0.15) is 32.0 Å². The molecule has 0 aliphatic rings. The molecule has 0 spiro atoms. The maximum atomic E-state index is 12.2. The van der Waals surface area contributed by atoms with Crippen LogP contribution in [0.2, 0.25) is 0 Å². The number of benzene rings is 2. The van der Waals surface area contributed by atoms with Gasteiger partial charge in [0.2, 0.25) is 0 Å². The number of ether oxygens (including phenoxy) is 1. The molecule has 0 radical (unpaired) electrons. The van der Waals surface area contributed by atoms with Gasteiger partial charge in [-0.05, 0) is 30.7 Å². The standard InChI is InChI=1S/C19H16N2O4/c1-12-15-5-3-4-6-16(15)25-17(12)18(22)21-20-11-13-7-9-14(10-8-13)19(23)24-2/h3-11H,1-2H3,(H,21,22)/b20-11-. The number of rotatable bonds is 4. The summed E-state index contributed by atoms with van der Waals surface area (Å²) >= 11 is 0. The molecule has 6 heteroatoms. The lowest BCUT2D eigenvalue weighted by atomic mass is 10.1. The zero-order valence-electron chi connectivity index (χ0n) is 13.8. The van der Waals surface area contributed by atoms with Crippen molar-refractivity contribution in [3.8, 4) is 0 Å². The largest absolute Gasteiger partial charge is 0.465 e. The van der Waals surface area contributed by atoms with Crippen molar-refractivity contribution in [2.75, 3.05) is 7.11 Å². The van der Waals surface area contributed by atoms with Gasteiger partial charge in [0.05, 0.1) is 18.9 Å². The van der Waals surface area contributed by atoms with Crippen LogP contribution in [0.4, 0.5) is 0 Å². The number of methoxy groups -OCH3 is 1. The molecule has 0 saturated heterocycles. The second-order valence-corrected chi connectivity index (χ2v) is 5.37. The summed E-state index contributed by atoms with van der Waals surface area (Å²) < 4.78 is 10.2. The van der Waals surface area contributed by atoms with Gasteiger partial charge in [-0.1, -0.05) is 30.3 Å². The molecular formula is C19H16N2O4. The number of nitrogens with one attached hydrogen (secondary N) is 1. The molecule has 0 fully saturated rings. The Morgan fingerprint density at radius 1 is 1.12 bits per heavy atom. The second-order valence-electron chi connectivity index (χ2n) is 5.37. The fourth-order valence-electron chi connectivity index (χ4n) is 2.43. The SMILES string of the molecule is COC(=O)c1ccc(/C=N\NC(=O)c2oc3ccccc3c2C)cc1. The van der Waals surface area contributed by atoms with E-state index in [-0.39, 0.29) is 5.76 Å². The van der Waals surface area contributed by atoms with Crippen LogP contribution in [0.5, 0.6) is 0 Å². The minimum Gasteiger partial charge on any atom is -0.465 e. The first kappa shape index (κ1) is 16.4. The van der Waals surface area contributed by atoms with Crippen molar-refractivity contribution in [1.82, 2.24) is 5.43 Å². The van der Waals surface area contributed by atoms with Gasteiger partial charge in [-0.25, -0.2) is 10.2 Å². The topological polar surface area (TPSA) is 80.9 Å². The molecule has 1 heterocycles. The van der Waals surface area contributed by atoms with Crippen LogP contribution in [0.15, 0.2) is 58.0 Å². The Labute approximate surface area is 144 Å². The summed E-state index contributed by atoms with van der Waals surface area (Å²) in [7, 11) is 1.33. The number of hydrazone groups is 1. The summed E-state index contributed by atoms with van der Waals surface area (Å²) in [4.78, 5) is 23.6. The highest BCUT2D eigenvalue weighted by Gasteiger charge is 2.16. The summed E-state index contributed by atoms with van der Waals surface area (Å²) in [6, 6.07) is 14.1. The monoisotopic (exact) mass is 336 g/mol. The third-order valence-electron chi connectivity index (χ3n) is 3.76. The number of carbonyl (C=O) groups is 2. The van der Waals surface area contributed by atoms with Crippen LogP contribution in [0.3, 0.4) is 0 Å². The Balaban J connectivity index is 1.70. The van der Waals surface area contributed by atoms with Crippen molar-refractivity contribution in [2.45, 2.75) is 6.92 Å². The molecule has 0 aliphatic heterocycles. The van der Waals surface area contributed by atoms with Gasteiger partial charge in [0.25, 0.3) is 0 Å². The first-order valence-corrected chi connectivity index (χ1v) is 7.60. The second kappa shape index (κ2) is 7.00. The van der Waals surface area contributed by atoms with Crippen LogP contribution in [-0.2, 0) is 4.74 Å². The fraction of sp³-hybridized carbons (Fsp3) is 0.105. The molecule has 0 saturated carbocycles. The molecule has 1 aromatic heterocycles. The number of hydrogen-bond donors (Lipinski definition) is 1. The van der Waals surface area contributed by atoms with Crippen molar-refractivity contribution in [3.05, 3.63) is 71.0 Å². The zero-order chi connectivity index (χ0) is 17.8. The maximum Gasteiger partial charge on any atom is 0.337 e. The predicted molar refractivity (Wildman–Crippen MR) is 93.8 cm³/mol. The third kappa shape index (κ3) is 3.42. The molecule has 126 valence electrons. The summed E-state index contributed by atoms with van der Waals surface area (Å²) in [5, 5.41) is 4.82. The lowest BCUT2D eigenvalue weighted by Gasteiger charge is -2.00. The number of para-hydroxylation sites is 1. The Hall–Kier alpha value is -3.41. The Morgan fingerprint density at radius 2 is 1.84 bits per heavy atom. The van der Waals surface area contributed by atoms with Crippen LogP contribution in [0.25, 0.3) is 11.0 Å². The molecule has 0 aliphatic carbocycles. The van der Waals surface area contributed by atoms with E-state index >= 15 is 0 Å². The minimum atomic E-state index is -0.420. The molecule has 3 aromatic rings. The number of hydrogen-bond acceptors (Lipinski definition) is 5. The summed E-state index contributed by atoms with van der Waals surface area (Å²) in [5.74, 6) is -0.590. The van der Waals surface area contributed by atoms with Crippen LogP contribution in [0, 0.1) is 6.92 Å². The van der Waals surface area contributed by atoms with Crippen molar-refractivity contribution in [1.29, 1.82) is 0 Å². The maximum absolute atomic E-state index is 12.2. The van der Waals surface area contributed by atoms with E-state index in [1.54, 1.807) is 24.3 Å². The molecule has 1 amide bonds. The van der Waals surface area contributed by atoms with Gasteiger partial charge in [0, 0.05) is 10.9 Å². The number of furan rings is 1. The van der Waals surface area contributed by atoms with Crippen LogP contribution >= 0.6 is 0 Å². The first-order valence-electron chi connectivity index (χ1n) is 7.60. The average molecular weight is 336 g/mol. The van der Waals surface area contributed by atoms with Gasteiger partial charge in [-0.2, -0.15) is 5.10 Å². The highest BCUT2D eigenvalue weighted by molar-refractivity contribution is 5.99. The number of fused-ring (bicyclic) bond motifs is 1. The van der Waals surface area contributed by atoms with Crippen molar-refractivity contribution in [2.24, 2.45) is 5.10 Å². The van der Waals surface area contributed by atoms with Crippen molar-refractivity contribution in [3.63, 3.8) is 0 Å². The van der Waals surface area contributed by atoms with Gasteiger partial charge in [-0.3, -0.25) is 4.79 Å². The van der Waals surface area contributed by atoms with Gasteiger partial charge >= 0.3 is 11.9 Å². The smallest absolute Gasteiger partial charge is 0.337 e. The molecule has 2 aromatic carbocycles. The first-order chi connectivity index (χ1) is 12.1. The summed E-state index contributed by atoms with van der Waals surface area (Å²) in [5.41, 5.74) is 5.05. The zero-order valence-corrected chi connectivity index (χ0v) is 13.8. The van der Waals surface area contributed by atoms with E-state index in [2.05, 4.69) is 15.3 Å². The Morgan fingerprint density at radius 3 is 2.52 bits per heavy atom. The lowest BCUT2D eigenvalue weighted by Crippen LogP contribution is -2.17. The van der Waals surface area contributed by atoms with Crippen molar-refractivity contribution >= 4 is 29.1 Å². The Bertz CT molecular complexity index is 955. The fourth-order valence-corrected chi connectivity index (χ4v) is 2.43. The molecular weight excluding hydrogens is 320 g/mol. The van der Waals surface area contributed by atoms with Crippen LogP contribution in [-0.4, -0.2) is 25.2 Å². The molecule has 25 heavy (non-hydrogen) atoms. The molecule has 0 bridgehead atoms. The van der Waals surface area contributed by atoms with Crippen molar-refractivity contribution < 1.29 is 18.7 Å². The van der Waals surface area contributed by atoms with Crippen LogP contribution < -0.4 is 5.43 Å². The van der Waals surface area contributed by atoms with E-state index in [0.29, 0.717) is 11.1 Å². The number of esters is 1. The summed E-state index contributed by atoms with van der Waals surface area (Å²) in [6.07, 6.45) is 1.48. The average Bonchev–Trinajstić information content (AvgIpc) is 2.99. The molecule has 0 unspecified atom stereocenters. The molecule has 1 N–H and O–H groups in total. The minimum absolute atomic E-state index is 0.236.